The van der Waals surface area contributed by atoms with E-state index >= 15 is 0 Å². The molecule has 7 nitrogen and oxygen atoms in total. The number of Topliss-reactive ketones (excluding diaryl/α,β-unsaturated/α-hetero) is 1. The van der Waals surface area contributed by atoms with E-state index in [1.807, 2.05) is 6.92 Å². The van der Waals surface area contributed by atoms with Crippen LogP contribution < -0.4 is 5.32 Å². The summed E-state index contributed by atoms with van der Waals surface area (Å²) in [6.07, 6.45) is -2.65. The van der Waals surface area contributed by atoms with Gasteiger partial charge in [0.1, 0.15) is 11.6 Å². The predicted octanol–water partition coefficient (Wildman–Crippen LogP) is 3.44. The zero-order valence-corrected chi connectivity index (χ0v) is 18.2. The predicted molar refractivity (Wildman–Crippen MR) is 109 cm³/mol. The van der Waals surface area contributed by atoms with Gasteiger partial charge in [-0.15, -0.1) is 0 Å². The molecule has 0 radical (unpaired) electrons. The molecule has 33 heavy (non-hydrogen) atoms. The lowest BCUT2D eigenvalue weighted by molar-refractivity contribution is -0.147. The number of halogens is 4. The molecule has 0 bridgehead atoms. The van der Waals surface area contributed by atoms with Gasteiger partial charge in [0.25, 0.3) is 0 Å². The second-order valence-electron chi connectivity index (χ2n) is 8.08. The van der Waals surface area contributed by atoms with Crippen LogP contribution >= 0.6 is 0 Å². The van der Waals surface area contributed by atoms with Crippen molar-refractivity contribution in [2.75, 3.05) is 13.1 Å². The molecule has 1 saturated heterocycles. The van der Waals surface area contributed by atoms with Crippen LogP contribution in [0.4, 0.5) is 17.6 Å². The van der Waals surface area contributed by atoms with Crippen LogP contribution in [0.25, 0.3) is 0 Å². The van der Waals surface area contributed by atoms with E-state index in [0.29, 0.717) is 30.8 Å². The number of hydrogen-bond donors (Lipinski definition) is 1. The van der Waals surface area contributed by atoms with Crippen molar-refractivity contribution in [2.45, 2.75) is 51.4 Å². The maximum Gasteiger partial charge on any atom is 0.419 e. The van der Waals surface area contributed by atoms with Crippen LogP contribution in [-0.2, 0) is 27.0 Å². The number of benzene rings is 1. The Balaban J connectivity index is 1.63. The third-order valence-electron chi connectivity index (χ3n) is 5.98. The van der Waals surface area contributed by atoms with Crippen molar-refractivity contribution in [2.24, 2.45) is 16.1 Å². The fourth-order valence-electron chi connectivity index (χ4n) is 4.13. The molecule has 0 aliphatic carbocycles. The molecule has 0 aromatic heterocycles. The number of ketones is 1. The summed E-state index contributed by atoms with van der Waals surface area (Å²) in [6.45, 7) is 4.04. The molecule has 1 N–H and O–H groups in total. The SMILES string of the molecule is CC[C@@H](NC(=O)C(=O)N1CC[C@H](C(=O)Cc2ccc(F)c(C(F)(F)F)c2)[C@@H]1C)C1=CCN=N1. The Morgan fingerprint density at radius 2 is 2.00 bits per heavy atom. The van der Waals surface area contributed by atoms with Gasteiger partial charge in [-0.05, 0) is 43.5 Å². The quantitative estimate of drug-likeness (QED) is 0.512. The number of carbonyl (C=O) groups is 3. The third kappa shape index (κ3) is 5.45. The highest BCUT2D eigenvalue weighted by Gasteiger charge is 2.40. The number of rotatable bonds is 6. The summed E-state index contributed by atoms with van der Waals surface area (Å²) >= 11 is 0. The van der Waals surface area contributed by atoms with Gasteiger partial charge in [0.15, 0.2) is 0 Å². The lowest BCUT2D eigenvalue weighted by atomic mass is 9.91. The molecule has 2 amide bonds. The summed E-state index contributed by atoms with van der Waals surface area (Å²) in [5.41, 5.74) is -0.810. The Hall–Kier alpha value is -3.11. The number of amides is 2. The highest BCUT2D eigenvalue weighted by molar-refractivity contribution is 6.35. The molecular weight excluding hydrogens is 444 g/mol. The molecule has 178 valence electrons. The van der Waals surface area contributed by atoms with Gasteiger partial charge in [-0.2, -0.15) is 23.4 Å². The number of nitrogens with one attached hydrogen (secondary N) is 1. The van der Waals surface area contributed by atoms with Crippen molar-refractivity contribution in [3.05, 3.63) is 46.9 Å². The summed E-state index contributed by atoms with van der Waals surface area (Å²) in [6, 6.07) is 1.39. The number of hydrogen-bond acceptors (Lipinski definition) is 5. The van der Waals surface area contributed by atoms with E-state index in [0.717, 1.165) is 6.07 Å². The molecular formula is C22H24F4N4O3. The Morgan fingerprint density at radius 3 is 2.61 bits per heavy atom. The Kier molecular flexibility index (Phi) is 7.28. The zero-order valence-electron chi connectivity index (χ0n) is 18.2. The molecule has 1 aromatic carbocycles. The van der Waals surface area contributed by atoms with Gasteiger partial charge in [0, 0.05) is 24.9 Å². The molecule has 0 saturated carbocycles. The maximum absolute atomic E-state index is 13.5. The first-order valence-corrected chi connectivity index (χ1v) is 10.6. The van der Waals surface area contributed by atoms with Gasteiger partial charge in [0.05, 0.1) is 23.8 Å². The van der Waals surface area contributed by atoms with E-state index in [1.165, 1.54) is 4.90 Å². The van der Waals surface area contributed by atoms with Gasteiger partial charge in [0.2, 0.25) is 0 Å². The van der Waals surface area contributed by atoms with Gasteiger partial charge >= 0.3 is 18.0 Å². The summed E-state index contributed by atoms with van der Waals surface area (Å²) in [5.74, 6) is -4.03. The van der Waals surface area contributed by atoms with Crippen molar-refractivity contribution in [3.63, 3.8) is 0 Å². The second-order valence-corrected chi connectivity index (χ2v) is 8.08. The first kappa shape index (κ1) is 24.5. The molecule has 2 heterocycles. The van der Waals surface area contributed by atoms with Crippen LogP contribution in [0, 0.1) is 11.7 Å². The fraction of sp³-hybridized carbons (Fsp3) is 0.500. The van der Waals surface area contributed by atoms with Crippen molar-refractivity contribution in [1.82, 2.24) is 10.2 Å². The molecule has 3 atom stereocenters. The third-order valence-corrected chi connectivity index (χ3v) is 5.98. The van der Waals surface area contributed by atoms with E-state index < -0.39 is 47.4 Å². The van der Waals surface area contributed by atoms with Crippen LogP contribution in [-0.4, -0.2) is 47.7 Å². The lowest BCUT2D eigenvalue weighted by Crippen LogP contribution is -2.48. The smallest absolute Gasteiger partial charge is 0.339 e. The van der Waals surface area contributed by atoms with Crippen LogP contribution in [0.1, 0.15) is 37.8 Å². The molecule has 0 spiro atoms. The molecule has 1 fully saturated rings. The first-order valence-electron chi connectivity index (χ1n) is 10.6. The van der Waals surface area contributed by atoms with E-state index in [-0.39, 0.29) is 30.7 Å². The normalized spacial score (nSPS) is 21.2. The monoisotopic (exact) mass is 468 g/mol. The lowest BCUT2D eigenvalue weighted by Gasteiger charge is -2.25. The number of carbonyl (C=O) groups excluding carboxylic acids is 3. The molecule has 2 aliphatic rings. The highest BCUT2D eigenvalue weighted by atomic mass is 19.4. The van der Waals surface area contributed by atoms with Crippen molar-refractivity contribution in [3.8, 4) is 0 Å². The Morgan fingerprint density at radius 1 is 1.27 bits per heavy atom. The topological polar surface area (TPSA) is 91.2 Å². The van der Waals surface area contributed by atoms with Gasteiger partial charge in [-0.3, -0.25) is 14.4 Å². The van der Waals surface area contributed by atoms with Crippen LogP contribution in [0.5, 0.6) is 0 Å². The van der Waals surface area contributed by atoms with Crippen molar-refractivity contribution < 1.29 is 31.9 Å². The fourth-order valence-corrected chi connectivity index (χ4v) is 4.13. The zero-order chi connectivity index (χ0) is 24.3. The first-order chi connectivity index (χ1) is 15.5. The summed E-state index contributed by atoms with van der Waals surface area (Å²) < 4.78 is 52.3. The molecule has 3 rings (SSSR count). The van der Waals surface area contributed by atoms with Crippen LogP contribution in [0.2, 0.25) is 0 Å². The number of nitrogens with zero attached hydrogens (tertiary/aromatic N) is 3. The average molecular weight is 468 g/mol. The highest BCUT2D eigenvalue weighted by Crippen LogP contribution is 2.33. The van der Waals surface area contributed by atoms with Crippen molar-refractivity contribution in [1.29, 1.82) is 0 Å². The van der Waals surface area contributed by atoms with E-state index in [9.17, 15) is 31.9 Å². The van der Waals surface area contributed by atoms with E-state index in [1.54, 1.807) is 13.0 Å². The summed E-state index contributed by atoms with van der Waals surface area (Å²) in [5, 5.41) is 10.4. The van der Waals surface area contributed by atoms with Crippen LogP contribution in [0.3, 0.4) is 0 Å². The minimum absolute atomic E-state index is 0.0354. The largest absolute Gasteiger partial charge is 0.419 e. The van der Waals surface area contributed by atoms with Crippen molar-refractivity contribution >= 4 is 17.6 Å². The second kappa shape index (κ2) is 9.80. The standard InChI is InChI=1S/C22H24F4N4O3/c1-3-17(18-6-8-27-29-18)28-20(32)21(33)30-9-7-14(12(30)2)19(31)11-13-4-5-16(23)15(10-13)22(24,25)26/h4-6,10,12,14,17H,3,7-9,11H2,1-2H3,(H,28,32)/t12-,14-,17+/m0/s1. The molecule has 2 aliphatic heterocycles. The van der Waals surface area contributed by atoms with Gasteiger partial charge < -0.3 is 10.2 Å². The molecule has 1 aromatic rings. The number of likely N-dealkylation sites (tertiary alicyclic amines) is 1. The van der Waals surface area contributed by atoms with Gasteiger partial charge in [-0.1, -0.05) is 13.0 Å². The van der Waals surface area contributed by atoms with E-state index in [4.69, 9.17) is 0 Å². The number of alkyl halides is 3. The Bertz CT molecular complexity index is 1010. The Labute approximate surface area is 187 Å². The average Bonchev–Trinajstić information content (AvgIpc) is 3.42. The van der Waals surface area contributed by atoms with Crippen LogP contribution in [0.15, 0.2) is 40.2 Å². The van der Waals surface area contributed by atoms with E-state index in [2.05, 4.69) is 15.5 Å². The number of azo groups is 1. The summed E-state index contributed by atoms with van der Waals surface area (Å²) in [4.78, 5) is 39.3. The minimum Gasteiger partial charge on any atom is -0.339 e. The summed E-state index contributed by atoms with van der Waals surface area (Å²) in [7, 11) is 0. The minimum atomic E-state index is -4.87. The molecule has 0 unspecified atom stereocenters. The van der Waals surface area contributed by atoms with Gasteiger partial charge in [-0.25, -0.2) is 4.39 Å². The maximum atomic E-state index is 13.5. The molecule has 11 heteroatoms.